The molecule has 1 N–H and O–H groups in total. The Morgan fingerprint density at radius 2 is 1.93 bits per heavy atom. The van der Waals surface area contributed by atoms with Crippen LogP contribution in [0.3, 0.4) is 0 Å². The molecule has 7 nitrogen and oxygen atoms in total. The number of carbonyl (C=O) groups is 4. The Bertz CT molecular complexity index is 994. The van der Waals surface area contributed by atoms with Crippen molar-refractivity contribution in [2.24, 2.45) is 0 Å². The van der Waals surface area contributed by atoms with Gasteiger partial charge >= 0.3 is 5.97 Å². The number of nitrogens with zero attached hydrogens (tertiary/aromatic N) is 1. The summed E-state index contributed by atoms with van der Waals surface area (Å²) < 4.78 is 18.2. The van der Waals surface area contributed by atoms with Crippen LogP contribution in [0.25, 0.3) is 0 Å². The van der Waals surface area contributed by atoms with Crippen molar-refractivity contribution in [2.45, 2.75) is 13.0 Å². The molecule has 0 aliphatic carbocycles. The van der Waals surface area contributed by atoms with Gasteiger partial charge in [0.05, 0.1) is 16.3 Å². The Labute approximate surface area is 164 Å². The molecule has 1 aliphatic heterocycles. The monoisotopic (exact) mass is 404 g/mol. The molecular formula is C19H14ClFN2O5. The van der Waals surface area contributed by atoms with Crippen LogP contribution in [0.15, 0.2) is 42.5 Å². The molecule has 0 radical (unpaired) electrons. The number of nitrogens with one attached hydrogen (secondary N) is 1. The lowest BCUT2D eigenvalue weighted by Crippen LogP contribution is -2.38. The highest BCUT2D eigenvalue weighted by molar-refractivity contribution is 6.52. The third-order valence-electron chi connectivity index (χ3n) is 4.03. The molecule has 144 valence electrons. The van der Waals surface area contributed by atoms with Crippen molar-refractivity contribution < 1.29 is 28.3 Å². The number of ether oxygens (including phenoxy) is 1. The van der Waals surface area contributed by atoms with Crippen molar-refractivity contribution in [3.63, 3.8) is 0 Å². The first-order valence-corrected chi connectivity index (χ1v) is 8.56. The van der Waals surface area contributed by atoms with E-state index in [4.69, 9.17) is 16.3 Å². The Kier molecular flexibility index (Phi) is 5.41. The summed E-state index contributed by atoms with van der Waals surface area (Å²) in [6, 6.07) is 9.88. The minimum atomic E-state index is -1.19. The largest absolute Gasteiger partial charge is 0.451 e. The van der Waals surface area contributed by atoms with E-state index in [1.807, 2.05) is 0 Å². The average Bonchev–Trinajstić information content (AvgIpc) is 2.90. The first kappa shape index (κ1) is 19.5. The van der Waals surface area contributed by atoms with Crippen molar-refractivity contribution >= 4 is 46.5 Å². The predicted octanol–water partition coefficient (Wildman–Crippen LogP) is 2.58. The van der Waals surface area contributed by atoms with Gasteiger partial charge in [0.2, 0.25) is 0 Å². The van der Waals surface area contributed by atoms with Gasteiger partial charge in [-0.2, -0.15) is 0 Å². The fourth-order valence-electron chi connectivity index (χ4n) is 2.64. The SMILES string of the molecule is C[C@H](OC(=O)CN1C(=O)C(=O)c2ccccc21)C(=O)Nc1ccc(F)c(Cl)c1. The maximum atomic E-state index is 13.2. The van der Waals surface area contributed by atoms with Crippen LogP contribution >= 0.6 is 11.6 Å². The van der Waals surface area contributed by atoms with Crippen molar-refractivity contribution in [2.75, 3.05) is 16.8 Å². The highest BCUT2D eigenvalue weighted by Gasteiger charge is 2.37. The predicted molar refractivity (Wildman–Crippen MR) is 98.7 cm³/mol. The Morgan fingerprint density at radius 3 is 2.64 bits per heavy atom. The first-order valence-electron chi connectivity index (χ1n) is 8.18. The van der Waals surface area contributed by atoms with Crippen LogP contribution in [0.1, 0.15) is 17.3 Å². The van der Waals surface area contributed by atoms with Gasteiger partial charge in [-0.25, -0.2) is 4.39 Å². The van der Waals surface area contributed by atoms with Crippen molar-refractivity contribution in [1.82, 2.24) is 0 Å². The zero-order valence-corrected chi connectivity index (χ0v) is 15.3. The molecule has 28 heavy (non-hydrogen) atoms. The molecule has 2 aromatic carbocycles. The smallest absolute Gasteiger partial charge is 0.326 e. The third kappa shape index (κ3) is 3.86. The topological polar surface area (TPSA) is 92.8 Å². The fraction of sp³-hybridized carbons (Fsp3) is 0.158. The number of hydrogen-bond acceptors (Lipinski definition) is 5. The highest BCUT2D eigenvalue weighted by Crippen LogP contribution is 2.28. The quantitative estimate of drug-likeness (QED) is 0.610. The van der Waals surface area contributed by atoms with Gasteiger partial charge in [0.15, 0.2) is 6.10 Å². The summed E-state index contributed by atoms with van der Waals surface area (Å²) in [5.41, 5.74) is 0.750. The highest BCUT2D eigenvalue weighted by atomic mass is 35.5. The summed E-state index contributed by atoms with van der Waals surface area (Å²) >= 11 is 5.65. The molecule has 0 saturated heterocycles. The maximum Gasteiger partial charge on any atom is 0.326 e. The molecule has 2 aromatic rings. The first-order chi connectivity index (χ1) is 13.3. The molecule has 1 atom stereocenters. The van der Waals surface area contributed by atoms with Crippen LogP contribution in [0.5, 0.6) is 0 Å². The summed E-state index contributed by atoms with van der Waals surface area (Å²) in [5, 5.41) is 2.27. The van der Waals surface area contributed by atoms with Gasteiger partial charge in [-0.3, -0.25) is 24.1 Å². The second kappa shape index (κ2) is 7.77. The zero-order valence-electron chi connectivity index (χ0n) is 14.6. The number of Topliss-reactive ketones (excluding diaryl/α,β-unsaturated/α-hetero) is 1. The van der Waals surface area contributed by atoms with Gasteiger partial charge in [-0.15, -0.1) is 0 Å². The van der Waals surface area contributed by atoms with E-state index in [9.17, 15) is 23.6 Å². The minimum absolute atomic E-state index is 0.168. The number of rotatable bonds is 5. The number of halogens is 2. The van der Waals surface area contributed by atoms with Crippen molar-refractivity contribution in [3.8, 4) is 0 Å². The van der Waals surface area contributed by atoms with E-state index >= 15 is 0 Å². The van der Waals surface area contributed by atoms with Crippen molar-refractivity contribution in [1.29, 1.82) is 0 Å². The second-order valence-electron chi connectivity index (χ2n) is 5.99. The van der Waals surface area contributed by atoms with Crippen molar-refractivity contribution in [3.05, 3.63) is 58.9 Å². The van der Waals surface area contributed by atoms with E-state index in [1.54, 1.807) is 18.2 Å². The van der Waals surface area contributed by atoms with Gasteiger partial charge < -0.3 is 10.1 Å². The van der Waals surface area contributed by atoms with Crippen LogP contribution in [0.4, 0.5) is 15.8 Å². The Hall–Kier alpha value is -3.26. The van der Waals surface area contributed by atoms with Gasteiger partial charge in [-0.05, 0) is 37.3 Å². The number of carbonyl (C=O) groups excluding carboxylic acids is 4. The number of hydrogen-bond donors (Lipinski definition) is 1. The molecule has 0 bridgehead atoms. The molecule has 0 aromatic heterocycles. The molecule has 0 saturated carbocycles. The summed E-state index contributed by atoms with van der Waals surface area (Å²) in [4.78, 5) is 49.3. The van der Waals surface area contributed by atoms with Crippen LogP contribution in [0.2, 0.25) is 5.02 Å². The minimum Gasteiger partial charge on any atom is -0.451 e. The van der Waals surface area contributed by atoms with E-state index in [2.05, 4.69) is 5.32 Å². The molecular weight excluding hydrogens is 391 g/mol. The molecule has 3 rings (SSSR count). The molecule has 0 unspecified atom stereocenters. The van der Waals surface area contributed by atoms with Gasteiger partial charge in [0, 0.05) is 5.69 Å². The zero-order chi connectivity index (χ0) is 20.4. The third-order valence-corrected chi connectivity index (χ3v) is 4.32. The van der Waals surface area contributed by atoms with E-state index in [0.29, 0.717) is 5.69 Å². The Morgan fingerprint density at radius 1 is 1.21 bits per heavy atom. The van der Waals surface area contributed by atoms with E-state index < -0.39 is 42.0 Å². The number of para-hydroxylation sites is 1. The lowest BCUT2D eigenvalue weighted by atomic mass is 10.1. The molecule has 9 heteroatoms. The van der Waals surface area contributed by atoms with Crippen LogP contribution in [0, 0.1) is 5.82 Å². The van der Waals surface area contributed by atoms with Crippen LogP contribution in [-0.4, -0.2) is 36.2 Å². The normalized spacial score (nSPS) is 13.9. The number of benzene rings is 2. The summed E-state index contributed by atoms with van der Waals surface area (Å²) in [6.45, 7) is 0.824. The van der Waals surface area contributed by atoms with Gasteiger partial charge in [0.25, 0.3) is 17.6 Å². The number of fused-ring (bicyclic) bond motifs is 1. The van der Waals surface area contributed by atoms with E-state index in [0.717, 1.165) is 11.0 Å². The second-order valence-corrected chi connectivity index (χ2v) is 6.39. The average molecular weight is 405 g/mol. The van der Waals surface area contributed by atoms with Crippen LogP contribution in [-0.2, 0) is 19.1 Å². The van der Waals surface area contributed by atoms with Gasteiger partial charge in [0.1, 0.15) is 12.4 Å². The van der Waals surface area contributed by atoms with E-state index in [-0.39, 0.29) is 16.3 Å². The molecule has 2 amide bonds. The number of amides is 2. The molecule has 1 heterocycles. The van der Waals surface area contributed by atoms with E-state index in [1.165, 1.54) is 25.1 Å². The Balaban J connectivity index is 1.61. The summed E-state index contributed by atoms with van der Waals surface area (Å²) in [7, 11) is 0. The van der Waals surface area contributed by atoms with Gasteiger partial charge in [-0.1, -0.05) is 23.7 Å². The lowest BCUT2D eigenvalue weighted by molar-refractivity contribution is -0.152. The summed E-state index contributed by atoms with van der Waals surface area (Å²) in [5.74, 6) is -3.71. The number of ketones is 1. The van der Waals surface area contributed by atoms with Crippen LogP contribution < -0.4 is 10.2 Å². The lowest BCUT2D eigenvalue weighted by Gasteiger charge is -2.18. The number of esters is 1. The molecule has 1 aliphatic rings. The standard InChI is InChI=1S/C19H14ClFN2O5/c1-10(18(26)22-11-6-7-14(21)13(20)8-11)28-16(24)9-23-15-5-3-2-4-12(15)17(25)19(23)27/h2-8,10H,9H2,1H3,(H,22,26)/t10-/m0/s1. The fourth-order valence-corrected chi connectivity index (χ4v) is 2.82. The summed E-state index contributed by atoms with van der Waals surface area (Å²) in [6.07, 6.45) is -1.19. The number of anilines is 2. The molecule has 0 spiro atoms. The maximum absolute atomic E-state index is 13.2. The molecule has 0 fully saturated rings.